The van der Waals surface area contributed by atoms with Gasteiger partial charge in [0.25, 0.3) is 5.91 Å². The molecule has 1 aliphatic carbocycles. The second-order valence-corrected chi connectivity index (χ2v) is 11.0. The Morgan fingerprint density at radius 2 is 1.71 bits per heavy atom. The lowest BCUT2D eigenvalue weighted by Crippen LogP contribution is -2.66. The molecule has 1 atom stereocenters. The van der Waals surface area contributed by atoms with Crippen LogP contribution >= 0.6 is 0 Å². The number of aryl methyl sites for hydroxylation is 1. The molecule has 0 radical (unpaired) electrons. The molecule has 1 amide bonds. The largest absolute Gasteiger partial charge is 0.455 e. The molecule has 3 aliphatic heterocycles. The highest BCUT2D eigenvalue weighted by atomic mass is 16.5. The predicted octanol–water partition coefficient (Wildman–Crippen LogP) is 4.77. The minimum atomic E-state index is -0.539. The van der Waals surface area contributed by atoms with E-state index in [1.807, 2.05) is 43.3 Å². The summed E-state index contributed by atoms with van der Waals surface area (Å²) in [7, 11) is 0. The van der Waals surface area contributed by atoms with Gasteiger partial charge in [0.15, 0.2) is 12.6 Å². The molecule has 1 aromatic carbocycles. The number of rotatable bonds is 6. The number of hydrogen-bond acceptors (Lipinski definition) is 4. The van der Waals surface area contributed by atoms with Gasteiger partial charge in [0, 0.05) is 24.5 Å². The Morgan fingerprint density at radius 3 is 2.40 bits per heavy atom. The van der Waals surface area contributed by atoms with Crippen molar-refractivity contribution >= 4 is 17.7 Å². The molecule has 0 spiro atoms. The van der Waals surface area contributed by atoms with Crippen molar-refractivity contribution in [1.82, 2.24) is 4.98 Å². The molecular formula is C29H38N3O3+. The van der Waals surface area contributed by atoms with E-state index in [0.29, 0.717) is 22.8 Å². The van der Waals surface area contributed by atoms with Crippen LogP contribution in [0, 0.1) is 12.8 Å². The van der Waals surface area contributed by atoms with Crippen molar-refractivity contribution < 1.29 is 18.8 Å². The van der Waals surface area contributed by atoms with Gasteiger partial charge in [0.05, 0.1) is 18.5 Å². The Kier molecular flexibility index (Phi) is 6.92. The van der Waals surface area contributed by atoms with Crippen LogP contribution in [0.15, 0.2) is 48.5 Å². The summed E-state index contributed by atoms with van der Waals surface area (Å²) in [5.41, 5.74) is 1.44. The molecule has 4 heterocycles. The van der Waals surface area contributed by atoms with Crippen LogP contribution in [0.3, 0.4) is 0 Å². The van der Waals surface area contributed by atoms with E-state index in [1.54, 1.807) is 0 Å². The van der Waals surface area contributed by atoms with E-state index in [2.05, 4.69) is 22.4 Å². The molecule has 186 valence electrons. The zero-order chi connectivity index (χ0) is 24.3. The summed E-state index contributed by atoms with van der Waals surface area (Å²) in [6.07, 6.45) is 8.10. The van der Waals surface area contributed by atoms with E-state index in [9.17, 15) is 9.59 Å². The van der Waals surface area contributed by atoms with Crippen LogP contribution in [0.25, 0.3) is 0 Å². The molecular weight excluding hydrogens is 438 g/mol. The Bertz CT molecular complexity index is 1040. The molecule has 2 bridgehead atoms. The number of benzene rings is 1. The number of carbonyl (C=O) groups excluding carboxylic acids is 2. The van der Waals surface area contributed by atoms with Crippen LogP contribution in [0.4, 0.5) is 5.82 Å². The topological polar surface area (TPSA) is 68.3 Å². The number of piperidine rings is 3. The normalized spacial score (nSPS) is 27.6. The van der Waals surface area contributed by atoms with Crippen LogP contribution in [0.5, 0.6) is 0 Å². The van der Waals surface area contributed by atoms with Crippen LogP contribution in [-0.2, 0) is 19.7 Å². The SMILES string of the molecule is Cc1cccc(NC(=O)C[N+]23CCC(CC2)[C@@H](OC(=O)C2(c4ccccc4)CCCCCC2)C3)n1. The summed E-state index contributed by atoms with van der Waals surface area (Å²) in [4.78, 5) is 31.3. The third-order valence-electron chi connectivity index (χ3n) is 8.61. The Morgan fingerprint density at radius 1 is 1.00 bits per heavy atom. The zero-order valence-electron chi connectivity index (χ0n) is 20.9. The molecule has 6 heteroatoms. The molecule has 4 aliphatic rings. The van der Waals surface area contributed by atoms with E-state index in [1.165, 1.54) is 12.8 Å². The van der Waals surface area contributed by atoms with Crippen molar-refractivity contribution in [2.45, 2.75) is 69.8 Å². The van der Waals surface area contributed by atoms with Gasteiger partial charge in [-0.25, -0.2) is 4.98 Å². The maximum atomic E-state index is 13.9. The number of quaternary nitrogens is 1. The first-order valence-electron chi connectivity index (χ1n) is 13.3. The smallest absolute Gasteiger partial charge is 0.317 e. The first-order chi connectivity index (χ1) is 17.0. The molecule has 3 saturated heterocycles. The monoisotopic (exact) mass is 476 g/mol. The molecule has 35 heavy (non-hydrogen) atoms. The summed E-state index contributed by atoms with van der Waals surface area (Å²) >= 11 is 0. The summed E-state index contributed by atoms with van der Waals surface area (Å²) in [6, 6.07) is 15.9. The van der Waals surface area contributed by atoms with Gasteiger partial charge in [-0.15, -0.1) is 0 Å². The highest BCUT2D eigenvalue weighted by molar-refractivity contribution is 5.90. The first-order valence-corrected chi connectivity index (χ1v) is 13.3. The third kappa shape index (κ3) is 5.13. The Hall–Kier alpha value is -2.73. The molecule has 1 saturated carbocycles. The summed E-state index contributed by atoms with van der Waals surface area (Å²) in [6.45, 7) is 4.99. The van der Waals surface area contributed by atoms with Gasteiger partial charge in [0.1, 0.15) is 12.4 Å². The van der Waals surface area contributed by atoms with Crippen molar-refractivity contribution in [3.8, 4) is 0 Å². The van der Waals surface area contributed by atoms with E-state index in [4.69, 9.17) is 4.74 Å². The fourth-order valence-electron chi connectivity index (χ4n) is 6.63. The number of aromatic nitrogens is 1. The molecule has 6 nitrogen and oxygen atoms in total. The number of pyridine rings is 1. The fraction of sp³-hybridized carbons (Fsp3) is 0.552. The lowest BCUT2D eigenvalue weighted by atomic mass is 9.74. The minimum Gasteiger partial charge on any atom is -0.455 e. The molecule has 4 fully saturated rings. The fourth-order valence-corrected chi connectivity index (χ4v) is 6.63. The number of hydrogen-bond donors (Lipinski definition) is 1. The lowest BCUT2D eigenvalue weighted by molar-refractivity contribution is -0.939. The van der Waals surface area contributed by atoms with Gasteiger partial charge in [0.2, 0.25) is 0 Å². The highest BCUT2D eigenvalue weighted by Crippen LogP contribution is 2.42. The number of nitrogens with zero attached hydrogens (tertiary/aromatic N) is 2. The maximum Gasteiger partial charge on any atom is 0.317 e. The second kappa shape index (κ2) is 10.1. The quantitative estimate of drug-likeness (QED) is 0.370. The van der Waals surface area contributed by atoms with Gasteiger partial charge >= 0.3 is 5.97 Å². The molecule has 1 aromatic heterocycles. The van der Waals surface area contributed by atoms with Crippen molar-refractivity contribution in [2.24, 2.45) is 5.92 Å². The molecule has 6 rings (SSSR count). The van der Waals surface area contributed by atoms with E-state index in [0.717, 1.165) is 69.4 Å². The highest BCUT2D eigenvalue weighted by Gasteiger charge is 2.51. The van der Waals surface area contributed by atoms with Gasteiger partial charge < -0.3 is 14.5 Å². The Labute approximate surface area is 208 Å². The van der Waals surface area contributed by atoms with E-state index < -0.39 is 5.41 Å². The number of carbonyl (C=O) groups is 2. The van der Waals surface area contributed by atoms with Crippen LogP contribution in [0.1, 0.15) is 62.6 Å². The number of anilines is 1. The minimum absolute atomic E-state index is 0.0157. The number of nitrogens with one attached hydrogen (secondary N) is 1. The van der Waals surface area contributed by atoms with Crippen molar-refractivity contribution in [3.05, 3.63) is 59.8 Å². The van der Waals surface area contributed by atoms with Gasteiger partial charge in [-0.2, -0.15) is 0 Å². The molecule has 0 unspecified atom stereocenters. The third-order valence-corrected chi connectivity index (χ3v) is 8.61. The van der Waals surface area contributed by atoms with Crippen molar-refractivity contribution in [3.63, 3.8) is 0 Å². The molecule has 1 N–H and O–H groups in total. The Balaban J connectivity index is 1.29. The number of esters is 1. The second-order valence-electron chi connectivity index (χ2n) is 11.0. The van der Waals surface area contributed by atoms with Crippen molar-refractivity contribution in [1.29, 1.82) is 0 Å². The lowest BCUT2D eigenvalue weighted by Gasteiger charge is -2.52. The number of amides is 1. The van der Waals surface area contributed by atoms with Gasteiger partial charge in [-0.05, 0) is 37.5 Å². The number of ether oxygens (including phenoxy) is 1. The van der Waals surface area contributed by atoms with Crippen LogP contribution in [0.2, 0.25) is 0 Å². The van der Waals surface area contributed by atoms with E-state index in [-0.39, 0.29) is 18.0 Å². The standard InChI is InChI=1S/C29H37N3O3/c1-22-10-9-13-26(30-22)31-27(33)21-32-18-14-23(15-19-32)25(20-32)35-28(34)29(16-7-2-3-8-17-29)24-11-5-4-6-12-24/h4-6,9-13,23,25H,2-3,7-8,14-21H2,1H3/p+1/t23?,25-,32?/m0/s1. The average Bonchev–Trinajstić information content (AvgIpc) is 3.12. The zero-order valence-corrected chi connectivity index (χ0v) is 20.9. The summed E-state index contributed by atoms with van der Waals surface area (Å²) in [5, 5.41) is 2.97. The van der Waals surface area contributed by atoms with Gasteiger partial charge in [-0.3, -0.25) is 9.59 Å². The van der Waals surface area contributed by atoms with Crippen LogP contribution < -0.4 is 5.32 Å². The maximum absolute atomic E-state index is 13.9. The summed E-state index contributed by atoms with van der Waals surface area (Å²) < 4.78 is 7.12. The average molecular weight is 477 g/mol. The van der Waals surface area contributed by atoms with Crippen molar-refractivity contribution in [2.75, 3.05) is 31.5 Å². The van der Waals surface area contributed by atoms with Crippen LogP contribution in [-0.4, -0.2) is 53.6 Å². The predicted molar refractivity (Wildman–Crippen MR) is 136 cm³/mol. The molecule has 2 aromatic rings. The number of fused-ring (bicyclic) bond motifs is 3. The summed E-state index contributed by atoms with van der Waals surface area (Å²) in [5.74, 6) is 0.939. The van der Waals surface area contributed by atoms with E-state index >= 15 is 0 Å². The van der Waals surface area contributed by atoms with Gasteiger partial charge in [-0.1, -0.05) is 62.1 Å². The first kappa shape index (κ1) is 24.0.